The summed E-state index contributed by atoms with van der Waals surface area (Å²) in [5.41, 5.74) is 0.471. The second kappa shape index (κ2) is 4.41. The van der Waals surface area contributed by atoms with Crippen molar-refractivity contribution in [2.45, 2.75) is 6.92 Å². The van der Waals surface area contributed by atoms with E-state index in [-0.39, 0.29) is 11.4 Å². The number of carbonyl (C=O) groups is 2. The Hall–Kier alpha value is -2.11. The third kappa shape index (κ3) is 3.26. The van der Waals surface area contributed by atoms with E-state index in [9.17, 15) is 9.59 Å². The lowest BCUT2D eigenvalue weighted by Crippen LogP contribution is -2.11. The Morgan fingerprint density at radius 1 is 1.40 bits per heavy atom. The molecule has 0 amide bonds. The summed E-state index contributed by atoms with van der Waals surface area (Å²) < 4.78 is 4.77. The first-order valence-corrected chi connectivity index (χ1v) is 4.05. The molecular formula is C9H9NO5. The fourth-order valence-corrected chi connectivity index (χ4v) is 0.971. The van der Waals surface area contributed by atoms with E-state index in [0.29, 0.717) is 5.69 Å². The molecule has 0 bridgehead atoms. The Kier molecular flexibility index (Phi) is 3.22. The molecular weight excluding hydrogens is 202 g/mol. The van der Waals surface area contributed by atoms with E-state index in [1.54, 1.807) is 6.92 Å². The quantitative estimate of drug-likeness (QED) is 0.754. The molecule has 6 nitrogen and oxygen atoms in total. The van der Waals surface area contributed by atoms with Gasteiger partial charge in [-0.2, -0.15) is 0 Å². The van der Waals surface area contributed by atoms with Crippen LogP contribution in [0.15, 0.2) is 12.1 Å². The van der Waals surface area contributed by atoms with Gasteiger partial charge >= 0.3 is 11.9 Å². The number of hydrogen-bond acceptors (Lipinski definition) is 4. The predicted molar refractivity (Wildman–Crippen MR) is 49.1 cm³/mol. The van der Waals surface area contributed by atoms with E-state index < -0.39 is 18.5 Å². The SMILES string of the molecule is Cc1cc(C(=O)O)cc(OCC(=O)O)n1. The van der Waals surface area contributed by atoms with Gasteiger partial charge in [0.2, 0.25) is 5.88 Å². The zero-order chi connectivity index (χ0) is 11.4. The summed E-state index contributed by atoms with van der Waals surface area (Å²) in [5, 5.41) is 17.1. The Labute approximate surface area is 85.1 Å². The van der Waals surface area contributed by atoms with Crippen LogP contribution in [0.2, 0.25) is 0 Å². The van der Waals surface area contributed by atoms with Crippen LogP contribution in [-0.4, -0.2) is 33.7 Å². The third-order valence-electron chi connectivity index (χ3n) is 1.52. The number of aryl methyl sites for hydroxylation is 1. The van der Waals surface area contributed by atoms with Crippen LogP contribution in [0.1, 0.15) is 16.1 Å². The van der Waals surface area contributed by atoms with Gasteiger partial charge in [-0.25, -0.2) is 14.6 Å². The number of carboxylic acids is 2. The lowest BCUT2D eigenvalue weighted by Gasteiger charge is -2.04. The van der Waals surface area contributed by atoms with Gasteiger partial charge in [-0.05, 0) is 13.0 Å². The van der Waals surface area contributed by atoms with Crippen molar-refractivity contribution >= 4 is 11.9 Å². The minimum Gasteiger partial charge on any atom is -0.479 e. The number of hydrogen-bond donors (Lipinski definition) is 2. The molecule has 1 aromatic rings. The van der Waals surface area contributed by atoms with Crippen LogP contribution >= 0.6 is 0 Å². The Balaban J connectivity index is 2.88. The number of aromatic nitrogens is 1. The van der Waals surface area contributed by atoms with Gasteiger partial charge in [0, 0.05) is 11.8 Å². The summed E-state index contributed by atoms with van der Waals surface area (Å²) in [4.78, 5) is 24.7. The smallest absolute Gasteiger partial charge is 0.341 e. The number of pyridine rings is 1. The first kappa shape index (κ1) is 11.0. The standard InChI is InChI=1S/C9H9NO5/c1-5-2-6(9(13)14)3-7(10-5)15-4-8(11)12/h2-3H,4H2,1H3,(H,11,12)(H,13,14). The Bertz CT molecular complexity index is 401. The van der Waals surface area contributed by atoms with Gasteiger partial charge < -0.3 is 14.9 Å². The molecule has 1 heterocycles. The zero-order valence-electron chi connectivity index (χ0n) is 7.93. The maximum absolute atomic E-state index is 10.6. The molecule has 0 aliphatic heterocycles. The molecule has 0 atom stereocenters. The normalized spacial score (nSPS) is 9.67. The van der Waals surface area contributed by atoms with E-state index in [0.717, 1.165) is 0 Å². The van der Waals surface area contributed by atoms with E-state index in [4.69, 9.17) is 14.9 Å². The third-order valence-corrected chi connectivity index (χ3v) is 1.52. The molecule has 1 aromatic heterocycles. The summed E-state index contributed by atoms with van der Waals surface area (Å²) in [6.07, 6.45) is 0. The highest BCUT2D eigenvalue weighted by Crippen LogP contribution is 2.12. The summed E-state index contributed by atoms with van der Waals surface area (Å²) in [7, 11) is 0. The Morgan fingerprint density at radius 2 is 2.07 bits per heavy atom. The average molecular weight is 211 g/mol. The van der Waals surface area contributed by atoms with E-state index in [1.165, 1.54) is 12.1 Å². The largest absolute Gasteiger partial charge is 0.479 e. The summed E-state index contributed by atoms with van der Waals surface area (Å²) >= 11 is 0. The molecule has 0 spiro atoms. The summed E-state index contributed by atoms with van der Waals surface area (Å²) in [6.45, 7) is 1.05. The van der Waals surface area contributed by atoms with Gasteiger partial charge in [0.25, 0.3) is 0 Å². The number of nitrogens with zero attached hydrogens (tertiary/aromatic N) is 1. The van der Waals surface area contributed by atoms with Crippen LogP contribution < -0.4 is 4.74 Å². The molecule has 0 aromatic carbocycles. The van der Waals surface area contributed by atoms with Crippen LogP contribution in [0.25, 0.3) is 0 Å². The van der Waals surface area contributed by atoms with E-state index in [2.05, 4.69) is 4.98 Å². The molecule has 80 valence electrons. The van der Waals surface area contributed by atoms with Crippen LogP contribution in [0.3, 0.4) is 0 Å². The number of ether oxygens (including phenoxy) is 1. The maximum atomic E-state index is 10.6. The van der Waals surface area contributed by atoms with Crippen molar-refractivity contribution in [2.75, 3.05) is 6.61 Å². The molecule has 2 N–H and O–H groups in total. The minimum atomic E-state index is -1.14. The number of rotatable bonds is 4. The van der Waals surface area contributed by atoms with Gasteiger partial charge in [0.15, 0.2) is 6.61 Å². The molecule has 6 heteroatoms. The van der Waals surface area contributed by atoms with Crippen molar-refractivity contribution in [3.8, 4) is 5.88 Å². The fourth-order valence-electron chi connectivity index (χ4n) is 0.971. The van der Waals surface area contributed by atoms with Gasteiger partial charge in [-0.1, -0.05) is 0 Å². The number of carboxylic acid groups (broad SMARTS) is 2. The molecule has 0 saturated heterocycles. The molecule has 0 aliphatic carbocycles. The van der Waals surface area contributed by atoms with Crippen molar-refractivity contribution in [3.63, 3.8) is 0 Å². The molecule has 0 radical (unpaired) electrons. The topological polar surface area (TPSA) is 96.7 Å². The lowest BCUT2D eigenvalue weighted by molar-refractivity contribution is -0.139. The zero-order valence-corrected chi connectivity index (χ0v) is 7.93. The minimum absolute atomic E-state index is 0.00481. The maximum Gasteiger partial charge on any atom is 0.341 e. The highest BCUT2D eigenvalue weighted by atomic mass is 16.5. The van der Waals surface area contributed by atoms with Crippen LogP contribution in [0.4, 0.5) is 0 Å². The predicted octanol–water partition coefficient (Wildman–Crippen LogP) is 0.552. The average Bonchev–Trinajstić information content (AvgIpc) is 2.13. The van der Waals surface area contributed by atoms with Crippen molar-refractivity contribution in [1.82, 2.24) is 4.98 Å². The molecule has 0 aliphatic rings. The van der Waals surface area contributed by atoms with E-state index in [1.807, 2.05) is 0 Å². The highest BCUT2D eigenvalue weighted by molar-refractivity contribution is 5.88. The van der Waals surface area contributed by atoms with Gasteiger partial charge in [-0.3, -0.25) is 0 Å². The highest BCUT2D eigenvalue weighted by Gasteiger charge is 2.08. The summed E-state index contributed by atoms with van der Waals surface area (Å²) in [6, 6.07) is 2.55. The van der Waals surface area contributed by atoms with Crippen molar-refractivity contribution < 1.29 is 24.5 Å². The molecule has 0 unspecified atom stereocenters. The van der Waals surface area contributed by atoms with Crippen molar-refractivity contribution in [2.24, 2.45) is 0 Å². The van der Waals surface area contributed by atoms with Gasteiger partial charge in [0.05, 0.1) is 5.56 Å². The van der Waals surface area contributed by atoms with Crippen LogP contribution in [-0.2, 0) is 4.79 Å². The molecule has 15 heavy (non-hydrogen) atoms. The molecule has 0 saturated carbocycles. The van der Waals surface area contributed by atoms with Crippen molar-refractivity contribution in [3.05, 3.63) is 23.4 Å². The monoisotopic (exact) mass is 211 g/mol. The Morgan fingerprint density at radius 3 is 2.60 bits per heavy atom. The number of aliphatic carboxylic acids is 1. The second-order valence-corrected chi connectivity index (χ2v) is 2.82. The first-order valence-electron chi connectivity index (χ1n) is 4.05. The van der Waals surface area contributed by atoms with Crippen molar-refractivity contribution in [1.29, 1.82) is 0 Å². The van der Waals surface area contributed by atoms with Gasteiger partial charge in [-0.15, -0.1) is 0 Å². The fraction of sp³-hybridized carbons (Fsp3) is 0.222. The molecule has 0 fully saturated rings. The van der Waals surface area contributed by atoms with E-state index >= 15 is 0 Å². The molecule has 1 rings (SSSR count). The first-order chi connectivity index (χ1) is 6.99. The van der Waals surface area contributed by atoms with Crippen LogP contribution in [0.5, 0.6) is 5.88 Å². The second-order valence-electron chi connectivity index (χ2n) is 2.82. The number of aromatic carboxylic acids is 1. The van der Waals surface area contributed by atoms with Crippen LogP contribution in [0, 0.1) is 6.92 Å². The lowest BCUT2D eigenvalue weighted by atomic mass is 10.2. The summed E-state index contributed by atoms with van der Waals surface area (Å²) in [5.74, 6) is -2.26. The van der Waals surface area contributed by atoms with Gasteiger partial charge in [0.1, 0.15) is 0 Å².